The molecule has 2 N–H and O–H groups in total. The number of nitriles is 1. The first-order valence-corrected chi connectivity index (χ1v) is 5.45. The van der Waals surface area contributed by atoms with Gasteiger partial charge in [0, 0.05) is 19.0 Å². The zero-order chi connectivity index (χ0) is 11.3. The highest BCUT2D eigenvalue weighted by molar-refractivity contribution is 5.78. The Labute approximate surface area is 91.0 Å². The Morgan fingerprint density at radius 3 is 2.93 bits per heavy atom. The fraction of sp³-hybridized carbons (Fsp3) is 0.818. The summed E-state index contributed by atoms with van der Waals surface area (Å²) >= 11 is 0. The molecule has 84 valence electrons. The van der Waals surface area contributed by atoms with Crippen LogP contribution in [0.1, 0.15) is 33.1 Å². The van der Waals surface area contributed by atoms with E-state index in [2.05, 4.69) is 16.7 Å². The summed E-state index contributed by atoms with van der Waals surface area (Å²) in [5, 5.41) is 14.9. The highest BCUT2D eigenvalue weighted by atomic mass is 16.1. The van der Waals surface area contributed by atoms with Crippen LogP contribution in [0.4, 0.5) is 0 Å². The van der Waals surface area contributed by atoms with Gasteiger partial charge in [-0.1, -0.05) is 0 Å². The van der Waals surface area contributed by atoms with Crippen molar-refractivity contribution >= 4 is 5.91 Å². The first kappa shape index (κ1) is 12.0. The Kier molecular flexibility index (Phi) is 4.10. The van der Waals surface area contributed by atoms with Crippen LogP contribution in [-0.4, -0.2) is 25.0 Å². The molecule has 0 bridgehead atoms. The molecule has 1 fully saturated rings. The molecule has 1 amide bonds. The molecule has 1 atom stereocenters. The minimum Gasteiger partial charge on any atom is -0.354 e. The van der Waals surface area contributed by atoms with E-state index in [1.165, 1.54) is 0 Å². The number of nitrogens with one attached hydrogen (secondary N) is 2. The van der Waals surface area contributed by atoms with Gasteiger partial charge in [0.25, 0.3) is 0 Å². The molecule has 4 nitrogen and oxygen atoms in total. The van der Waals surface area contributed by atoms with Crippen LogP contribution in [0, 0.1) is 16.7 Å². The van der Waals surface area contributed by atoms with E-state index in [1.807, 2.05) is 13.8 Å². The minimum absolute atomic E-state index is 0.129. The van der Waals surface area contributed by atoms with Gasteiger partial charge in [0.2, 0.25) is 5.91 Å². The number of nitrogens with zero attached hydrogens (tertiary/aromatic N) is 1. The third kappa shape index (κ3) is 4.30. The second kappa shape index (κ2) is 5.13. The Hall–Kier alpha value is -1.08. The Morgan fingerprint density at radius 2 is 2.40 bits per heavy atom. The summed E-state index contributed by atoms with van der Waals surface area (Å²) in [6.07, 6.45) is 2.46. The molecule has 15 heavy (non-hydrogen) atoms. The lowest BCUT2D eigenvalue weighted by Gasteiger charge is -2.16. The van der Waals surface area contributed by atoms with Gasteiger partial charge in [-0.25, -0.2) is 0 Å². The lowest BCUT2D eigenvalue weighted by atomic mass is 9.90. The van der Waals surface area contributed by atoms with Gasteiger partial charge in [-0.05, 0) is 33.2 Å². The van der Waals surface area contributed by atoms with Crippen molar-refractivity contribution < 1.29 is 4.79 Å². The summed E-state index contributed by atoms with van der Waals surface area (Å²) in [6.45, 7) is 5.52. The molecule has 1 rings (SSSR count). The molecular formula is C11H19N3O. The van der Waals surface area contributed by atoms with E-state index in [-0.39, 0.29) is 17.4 Å². The van der Waals surface area contributed by atoms with Crippen molar-refractivity contribution in [3.63, 3.8) is 0 Å². The second-order valence-electron chi connectivity index (χ2n) is 4.76. The Morgan fingerprint density at radius 1 is 1.67 bits per heavy atom. The van der Waals surface area contributed by atoms with E-state index in [0.717, 1.165) is 25.9 Å². The van der Waals surface area contributed by atoms with Crippen molar-refractivity contribution in [2.45, 2.75) is 39.2 Å². The van der Waals surface area contributed by atoms with Gasteiger partial charge < -0.3 is 10.6 Å². The SMILES string of the molecule is CC(C)(C#N)CCCNC1CNC(=O)C1. The van der Waals surface area contributed by atoms with E-state index in [0.29, 0.717) is 6.42 Å². The van der Waals surface area contributed by atoms with Gasteiger partial charge >= 0.3 is 0 Å². The van der Waals surface area contributed by atoms with Gasteiger partial charge in [-0.15, -0.1) is 0 Å². The summed E-state index contributed by atoms with van der Waals surface area (Å²) < 4.78 is 0. The minimum atomic E-state index is -0.231. The fourth-order valence-electron chi connectivity index (χ4n) is 1.64. The topological polar surface area (TPSA) is 64.9 Å². The summed E-state index contributed by atoms with van der Waals surface area (Å²) in [7, 11) is 0. The van der Waals surface area contributed by atoms with Crippen molar-refractivity contribution in [3.8, 4) is 6.07 Å². The number of carbonyl (C=O) groups is 1. The number of carbonyl (C=O) groups excluding carboxylic acids is 1. The quantitative estimate of drug-likeness (QED) is 0.658. The average Bonchev–Trinajstić information content (AvgIpc) is 2.59. The molecule has 0 saturated carbocycles. The van der Waals surface area contributed by atoms with E-state index >= 15 is 0 Å². The van der Waals surface area contributed by atoms with Crippen LogP contribution in [0.15, 0.2) is 0 Å². The lowest BCUT2D eigenvalue weighted by molar-refractivity contribution is -0.119. The highest BCUT2D eigenvalue weighted by Gasteiger charge is 2.21. The number of rotatable bonds is 5. The Bertz CT molecular complexity index is 267. The third-order valence-electron chi connectivity index (χ3n) is 2.69. The summed E-state index contributed by atoms with van der Waals surface area (Å²) in [4.78, 5) is 10.9. The van der Waals surface area contributed by atoms with Crippen molar-refractivity contribution in [1.29, 1.82) is 5.26 Å². The van der Waals surface area contributed by atoms with E-state index in [4.69, 9.17) is 5.26 Å². The first-order chi connectivity index (χ1) is 7.03. The van der Waals surface area contributed by atoms with Crippen molar-refractivity contribution in [3.05, 3.63) is 0 Å². The average molecular weight is 209 g/mol. The van der Waals surface area contributed by atoms with E-state index < -0.39 is 0 Å². The maximum Gasteiger partial charge on any atom is 0.221 e. The third-order valence-corrected chi connectivity index (χ3v) is 2.69. The first-order valence-electron chi connectivity index (χ1n) is 5.45. The molecule has 4 heteroatoms. The van der Waals surface area contributed by atoms with E-state index in [9.17, 15) is 4.79 Å². The van der Waals surface area contributed by atoms with Crippen molar-refractivity contribution in [2.75, 3.05) is 13.1 Å². The van der Waals surface area contributed by atoms with Gasteiger partial charge in [-0.3, -0.25) is 4.79 Å². The molecule has 1 aliphatic rings. The number of hydrogen-bond donors (Lipinski definition) is 2. The summed E-state index contributed by atoms with van der Waals surface area (Å²) in [5.41, 5.74) is -0.231. The predicted molar refractivity (Wildman–Crippen MR) is 58.0 cm³/mol. The largest absolute Gasteiger partial charge is 0.354 e. The number of hydrogen-bond acceptors (Lipinski definition) is 3. The van der Waals surface area contributed by atoms with Crippen LogP contribution >= 0.6 is 0 Å². The van der Waals surface area contributed by atoms with Crippen LogP contribution < -0.4 is 10.6 Å². The molecule has 0 aromatic carbocycles. The van der Waals surface area contributed by atoms with Gasteiger partial charge in [0.15, 0.2) is 0 Å². The van der Waals surface area contributed by atoms with Gasteiger partial charge in [0.05, 0.1) is 11.5 Å². The fourth-order valence-corrected chi connectivity index (χ4v) is 1.64. The summed E-state index contributed by atoms with van der Waals surface area (Å²) in [5.74, 6) is 0.129. The molecule has 1 aliphatic heterocycles. The van der Waals surface area contributed by atoms with Crippen molar-refractivity contribution in [1.82, 2.24) is 10.6 Å². The monoisotopic (exact) mass is 209 g/mol. The molecule has 0 aromatic rings. The summed E-state index contributed by atoms with van der Waals surface area (Å²) in [6, 6.07) is 2.56. The van der Waals surface area contributed by atoms with Crippen LogP contribution in [0.3, 0.4) is 0 Å². The molecule has 0 spiro atoms. The van der Waals surface area contributed by atoms with Crippen molar-refractivity contribution in [2.24, 2.45) is 5.41 Å². The molecule has 1 unspecified atom stereocenters. The maximum absolute atomic E-state index is 10.9. The standard InChI is InChI=1S/C11H19N3O/c1-11(2,8-12)4-3-5-13-9-6-10(15)14-7-9/h9,13H,3-7H2,1-2H3,(H,14,15). The maximum atomic E-state index is 10.9. The number of amides is 1. The second-order valence-corrected chi connectivity index (χ2v) is 4.76. The zero-order valence-electron chi connectivity index (χ0n) is 9.47. The van der Waals surface area contributed by atoms with Crippen LogP contribution in [-0.2, 0) is 4.79 Å². The Balaban J connectivity index is 2.08. The zero-order valence-corrected chi connectivity index (χ0v) is 9.47. The highest BCUT2D eigenvalue weighted by Crippen LogP contribution is 2.20. The van der Waals surface area contributed by atoms with Crippen LogP contribution in [0.25, 0.3) is 0 Å². The van der Waals surface area contributed by atoms with E-state index in [1.54, 1.807) is 0 Å². The van der Waals surface area contributed by atoms with Gasteiger partial charge in [-0.2, -0.15) is 5.26 Å². The molecule has 0 aromatic heterocycles. The normalized spacial score (nSPS) is 21.1. The molecule has 1 saturated heterocycles. The lowest BCUT2D eigenvalue weighted by Crippen LogP contribution is -2.32. The molecular weight excluding hydrogens is 190 g/mol. The molecule has 0 radical (unpaired) electrons. The molecule has 0 aliphatic carbocycles. The van der Waals surface area contributed by atoms with Gasteiger partial charge in [0.1, 0.15) is 0 Å². The predicted octanol–water partition coefficient (Wildman–Crippen LogP) is 0.794. The van der Waals surface area contributed by atoms with Crippen LogP contribution in [0.2, 0.25) is 0 Å². The smallest absolute Gasteiger partial charge is 0.221 e. The van der Waals surface area contributed by atoms with Crippen LogP contribution in [0.5, 0.6) is 0 Å². The molecule has 1 heterocycles.